The number of carbonyl (C=O) groups excluding carboxylic acids is 1. The molecule has 6 heteroatoms. The molecule has 0 spiro atoms. The van der Waals surface area contributed by atoms with Crippen molar-refractivity contribution in [3.8, 4) is 0 Å². The summed E-state index contributed by atoms with van der Waals surface area (Å²) >= 11 is 7.36. The zero-order chi connectivity index (χ0) is 13.7. The van der Waals surface area contributed by atoms with Gasteiger partial charge in [-0.2, -0.15) is 0 Å². The van der Waals surface area contributed by atoms with Crippen molar-refractivity contribution in [2.45, 2.75) is 25.8 Å². The van der Waals surface area contributed by atoms with Gasteiger partial charge >= 0.3 is 0 Å². The van der Waals surface area contributed by atoms with E-state index in [1.807, 2.05) is 19.4 Å². The Morgan fingerprint density at radius 1 is 1.61 bits per heavy atom. The van der Waals surface area contributed by atoms with Gasteiger partial charge in [0.25, 0.3) is 0 Å². The summed E-state index contributed by atoms with van der Waals surface area (Å²) in [6.45, 7) is 4.72. The van der Waals surface area contributed by atoms with Crippen LogP contribution in [0.25, 0.3) is 0 Å². The first-order chi connectivity index (χ1) is 8.49. The van der Waals surface area contributed by atoms with E-state index in [1.165, 1.54) is 0 Å². The predicted octanol–water partition coefficient (Wildman–Crippen LogP) is 2.26. The molecule has 0 bridgehead atoms. The molecule has 1 aromatic rings. The maximum Gasteiger partial charge on any atom is 0.223 e. The maximum atomic E-state index is 11.5. The van der Waals surface area contributed by atoms with Crippen molar-refractivity contribution in [1.29, 1.82) is 0 Å². The van der Waals surface area contributed by atoms with Crippen molar-refractivity contribution in [3.05, 3.63) is 16.1 Å². The molecule has 0 fully saturated rings. The minimum absolute atomic E-state index is 0.0325. The van der Waals surface area contributed by atoms with E-state index in [4.69, 9.17) is 11.6 Å². The van der Waals surface area contributed by atoms with Gasteiger partial charge in [0.05, 0.1) is 17.6 Å². The summed E-state index contributed by atoms with van der Waals surface area (Å²) in [6.07, 6.45) is 0. The standard InChI is InChI=1S/C12H20ClN3OS/c1-8(11(17)14-3)6-16(4)9(2)12-15-10(5-13)7-18-12/h7-9H,5-6H2,1-4H3,(H,14,17). The Labute approximate surface area is 117 Å². The third kappa shape index (κ3) is 3.93. The number of hydrogen-bond acceptors (Lipinski definition) is 4. The molecule has 102 valence electrons. The van der Waals surface area contributed by atoms with Crippen molar-refractivity contribution in [2.75, 3.05) is 20.6 Å². The quantitative estimate of drug-likeness (QED) is 0.817. The van der Waals surface area contributed by atoms with Gasteiger partial charge in [-0.15, -0.1) is 22.9 Å². The number of thiazole rings is 1. The molecule has 0 aliphatic heterocycles. The van der Waals surface area contributed by atoms with E-state index < -0.39 is 0 Å². The Kier molecular flexibility index (Phi) is 6.05. The Bertz CT molecular complexity index is 396. The molecule has 0 aliphatic rings. The minimum Gasteiger partial charge on any atom is -0.359 e. The largest absolute Gasteiger partial charge is 0.359 e. The first-order valence-corrected chi connectivity index (χ1v) is 7.33. The van der Waals surface area contributed by atoms with Crippen LogP contribution in [0.3, 0.4) is 0 Å². The molecule has 2 atom stereocenters. The summed E-state index contributed by atoms with van der Waals surface area (Å²) in [5.74, 6) is 0.478. The number of halogens is 1. The number of rotatable bonds is 6. The van der Waals surface area contributed by atoms with E-state index >= 15 is 0 Å². The molecule has 0 aromatic carbocycles. The highest BCUT2D eigenvalue weighted by atomic mass is 35.5. The lowest BCUT2D eigenvalue weighted by Gasteiger charge is -2.25. The van der Waals surface area contributed by atoms with E-state index in [0.717, 1.165) is 10.7 Å². The number of nitrogens with one attached hydrogen (secondary N) is 1. The molecule has 1 aromatic heterocycles. The highest BCUT2D eigenvalue weighted by Crippen LogP contribution is 2.23. The average molecular weight is 290 g/mol. The van der Waals surface area contributed by atoms with Gasteiger partial charge in [0.1, 0.15) is 5.01 Å². The highest BCUT2D eigenvalue weighted by Gasteiger charge is 2.20. The molecule has 0 aliphatic carbocycles. The van der Waals surface area contributed by atoms with E-state index in [2.05, 4.69) is 22.1 Å². The number of alkyl halides is 1. The van der Waals surface area contributed by atoms with Crippen LogP contribution in [0.4, 0.5) is 0 Å². The summed E-state index contributed by atoms with van der Waals surface area (Å²) in [5, 5.41) is 5.69. The van der Waals surface area contributed by atoms with Crippen LogP contribution in [0.5, 0.6) is 0 Å². The first kappa shape index (κ1) is 15.4. The van der Waals surface area contributed by atoms with Gasteiger partial charge in [-0.1, -0.05) is 6.92 Å². The predicted molar refractivity (Wildman–Crippen MR) is 75.9 cm³/mol. The monoisotopic (exact) mass is 289 g/mol. The summed E-state index contributed by atoms with van der Waals surface area (Å²) in [5.41, 5.74) is 0.913. The van der Waals surface area contributed by atoms with Crippen LogP contribution in [-0.2, 0) is 10.7 Å². The van der Waals surface area contributed by atoms with Gasteiger partial charge in [-0.3, -0.25) is 9.69 Å². The number of nitrogens with zero attached hydrogens (tertiary/aromatic N) is 2. The van der Waals surface area contributed by atoms with Crippen LogP contribution < -0.4 is 5.32 Å². The zero-order valence-electron chi connectivity index (χ0n) is 11.2. The van der Waals surface area contributed by atoms with Gasteiger partial charge in [0, 0.05) is 24.9 Å². The molecule has 0 saturated carbocycles. The lowest BCUT2D eigenvalue weighted by molar-refractivity contribution is -0.124. The van der Waals surface area contributed by atoms with Gasteiger partial charge in [-0.05, 0) is 14.0 Å². The molecule has 1 rings (SSSR count). The molecule has 4 nitrogen and oxygen atoms in total. The fourth-order valence-electron chi connectivity index (χ4n) is 1.68. The number of aromatic nitrogens is 1. The van der Waals surface area contributed by atoms with Crippen LogP contribution in [-0.4, -0.2) is 36.4 Å². The normalized spacial score (nSPS) is 14.6. The Morgan fingerprint density at radius 3 is 2.78 bits per heavy atom. The molecule has 18 heavy (non-hydrogen) atoms. The first-order valence-electron chi connectivity index (χ1n) is 5.91. The van der Waals surface area contributed by atoms with Crippen LogP contribution >= 0.6 is 22.9 Å². The van der Waals surface area contributed by atoms with E-state index in [0.29, 0.717) is 12.4 Å². The van der Waals surface area contributed by atoms with Crippen molar-refractivity contribution >= 4 is 28.8 Å². The van der Waals surface area contributed by atoms with Crippen molar-refractivity contribution in [1.82, 2.24) is 15.2 Å². The number of amides is 1. The third-order valence-electron chi connectivity index (χ3n) is 2.98. The smallest absolute Gasteiger partial charge is 0.223 e. The van der Waals surface area contributed by atoms with Crippen LogP contribution in [0.2, 0.25) is 0 Å². The van der Waals surface area contributed by atoms with Crippen LogP contribution in [0.15, 0.2) is 5.38 Å². The molecular formula is C12H20ClN3OS. The topological polar surface area (TPSA) is 45.2 Å². The van der Waals surface area contributed by atoms with E-state index in [9.17, 15) is 4.79 Å². The Balaban J connectivity index is 2.60. The summed E-state index contributed by atoms with van der Waals surface area (Å²) < 4.78 is 0. The average Bonchev–Trinajstić information content (AvgIpc) is 2.85. The fourth-order valence-corrected chi connectivity index (χ4v) is 2.85. The molecule has 1 N–H and O–H groups in total. The molecule has 0 saturated heterocycles. The SMILES string of the molecule is CNC(=O)C(C)CN(C)C(C)c1nc(CCl)cs1. The Morgan fingerprint density at radius 2 is 2.28 bits per heavy atom. The van der Waals surface area contributed by atoms with E-state index in [1.54, 1.807) is 18.4 Å². The zero-order valence-corrected chi connectivity index (χ0v) is 12.8. The summed E-state index contributed by atoms with van der Waals surface area (Å²) in [6, 6.07) is 0.194. The summed E-state index contributed by atoms with van der Waals surface area (Å²) in [7, 11) is 3.67. The van der Waals surface area contributed by atoms with Crippen molar-refractivity contribution in [3.63, 3.8) is 0 Å². The third-order valence-corrected chi connectivity index (χ3v) is 4.32. The number of hydrogen-bond donors (Lipinski definition) is 1. The van der Waals surface area contributed by atoms with Gasteiger partial charge < -0.3 is 5.32 Å². The molecule has 2 unspecified atom stereocenters. The lowest BCUT2D eigenvalue weighted by atomic mass is 10.1. The van der Waals surface area contributed by atoms with Crippen molar-refractivity contribution in [2.24, 2.45) is 5.92 Å². The van der Waals surface area contributed by atoms with Gasteiger partial charge in [0.2, 0.25) is 5.91 Å². The fraction of sp³-hybridized carbons (Fsp3) is 0.667. The van der Waals surface area contributed by atoms with Crippen LogP contribution in [0, 0.1) is 5.92 Å². The lowest BCUT2D eigenvalue weighted by Crippen LogP contribution is -2.35. The minimum atomic E-state index is -0.0325. The number of carbonyl (C=O) groups is 1. The second-order valence-electron chi connectivity index (χ2n) is 4.44. The maximum absolute atomic E-state index is 11.5. The molecule has 0 radical (unpaired) electrons. The van der Waals surface area contributed by atoms with Crippen LogP contribution in [0.1, 0.15) is 30.6 Å². The molecular weight excluding hydrogens is 270 g/mol. The van der Waals surface area contributed by atoms with Crippen molar-refractivity contribution < 1.29 is 4.79 Å². The van der Waals surface area contributed by atoms with Gasteiger partial charge in [-0.25, -0.2) is 4.98 Å². The highest BCUT2D eigenvalue weighted by molar-refractivity contribution is 7.09. The second kappa shape index (κ2) is 7.07. The second-order valence-corrected chi connectivity index (χ2v) is 5.60. The van der Waals surface area contributed by atoms with Gasteiger partial charge in [0.15, 0.2) is 0 Å². The Hall–Kier alpha value is -0.650. The van der Waals surface area contributed by atoms with E-state index in [-0.39, 0.29) is 17.9 Å². The summed E-state index contributed by atoms with van der Waals surface area (Å²) in [4.78, 5) is 18.1. The molecule has 1 amide bonds. The molecule has 1 heterocycles.